The van der Waals surface area contributed by atoms with E-state index in [1.54, 1.807) is 48.5 Å². The Hall–Kier alpha value is -1.96. The molecule has 1 fully saturated rings. The van der Waals surface area contributed by atoms with Gasteiger partial charge in [0.1, 0.15) is 11.5 Å². The van der Waals surface area contributed by atoms with Crippen molar-refractivity contribution in [1.82, 2.24) is 0 Å². The fourth-order valence-electron chi connectivity index (χ4n) is 3.21. The van der Waals surface area contributed by atoms with Gasteiger partial charge >= 0.3 is 0 Å². The lowest BCUT2D eigenvalue weighted by Crippen LogP contribution is -2.16. The van der Waals surface area contributed by atoms with Crippen molar-refractivity contribution in [3.8, 4) is 11.5 Å². The summed E-state index contributed by atoms with van der Waals surface area (Å²) in [5, 5.41) is 17.3. The van der Waals surface area contributed by atoms with Crippen LogP contribution < -0.4 is 0 Å². The van der Waals surface area contributed by atoms with Crippen LogP contribution in [0.4, 0.5) is 0 Å². The minimum Gasteiger partial charge on any atom is -0.508 e. The highest BCUT2D eigenvalue weighted by atomic mass is 16.3. The lowest BCUT2D eigenvalue weighted by Gasteiger charge is -2.28. The van der Waals surface area contributed by atoms with Crippen LogP contribution in [0.5, 0.6) is 11.5 Å². The van der Waals surface area contributed by atoms with E-state index in [0.29, 0.717) is 11.5 Å². The van der Waals surface area contributed by atoms with Gasteiger partial charge in [-0.15, -0.1) is 0 Å². The molecular weight excluding hydrogens is 284 g/mol. The highest BCUT2D eigenvalue weighted by molar-refractivity contribution is 5.19. The molecule has 0 heterocycles. The van der Waals surface area contributed by atoms with Crippen molar-refractivity contribution in [1.29, 1.82) is 0 Å². The van der Waals surface area contributed by atoms with Crippen molar-refractivity contribution in [2.24, 2.45) is 17.8 Å². The molecule has 0 spiro atoms. The van der Waals surface area contributed by atoms with E-state index in [1.807, 2.05) is 12.1 Å². The molecule has 2 nitrogen and oxygen atoms in total. The van der Waals surface area contributed by atoms with Gasteiger partial charge in [0.25, 0.3) is 0 Å². The standard InChI is InChI=1S/C9H18.2C6H6O/c1-7-4-8(2)6-9(3)5-7;2*7-6-4-2-1-3-5-6/h7-9H,4-6H2,1-3H3;2*1-5,7H. The lowest BCUT2D eigenvalue weighted by molar-refractivity contribution is 0.233. The third kappa shape index (κ3) is 9.62. The molecular formula is C21H30O2. The molecule has 2 N–H and O–H groups in total. The van der Waals surface area contributed by atoms with Crippen LogP contribution in [0, 0.1) is 17.8 Å². The van der Waals surface area contributed by atoms with E-state index in [4.69, 9.17) is 10.2 Å². The van der Waals surface area contributed by atoms with Gasteiger partial charge in [0.15, 0.2) is 0 Å². The van der Waals surface area contributed by atoms with Gasteiger partial charge in [-0.25, -0.2) is 0 Å². The Bertz CT molecular complexity index is 447. The van der Waals surface area contributed by atoms with E-state index in [0.717, 1.165) is 17.8 Å². The first-order chi connectivity index (χ1) is 11.0. The predicted molar refractivity (Wildman–Crippen MR) is 97.6 cm³/mol. The van der Waals surface area contributed by atoms with Gasteiger partial charge in [-0.2, -0.15) is 0 Å². The van der Waals surface area contributed by atoms with Gasteiger partial charge in [-0.3, -0.25) is 0 Å². The number of hydrogen-bond donors (Lipinski definition) is 2. The molecule has 126 valence electrons. The third-order valence-electron chi connectivity index (χ3n) is 3.93. The maximum absolute atomic E-state index is 8.63. The predicted octanol–water partition coefficient (Wildman–Crippen LogP) is 5.86. The molecule has 1 aliphatic rings. The number of benzene rings is 2. The fourth-order valence-corrected chi connectivity index (χ4v) is 3.21. The Morgan fingerprint density at radius 2 is 0.826 bits per heavy atom. The van der Waals surface area contributed by atoms with Crippen LogP contribution >= 0.6 is 0 Å². The Labute approximate surface area is 140 Å². The van der Waals surface area contributed by atoms with Gasteiger partial charge in [0.2, 0.25) is 0 Å². The third-order valence-corrected chi connectivity index (χ3v) is 3.93. The van der Waals surface area contributed by atoms with E-state index in [-0.39, 0.29) is 0 Å². The summed E-state index contributed by atoms with van der Waals surface area (Å²) in [4.78, 5) is 0. The Morgan fingerprint density at radius 3 is 1.00 bits per heavy atom. The smallest absolute Gasteiger partial charge is 0.115 e. The first kappa shape index (κ1) is 19.1. The van der Waals surface area contributed by atoms with Crippen molar-refractivity contribution >= 4 is 0 Å². The van der Waals surface area contributed by atoms with Gasteiger partial charge in [0.05, 0.1) is 0 Å². The van der Waals surface area contributed by atoms with Crippen LogP contribution in [0.2, 0.25) is 0 Å². The maximum Gasteiger partial charge on any atom is 0.115 e. The molecule has 23 heavy (non-hydrogen) atoms. The molecule has 0 unspecified atom stereocenters. The highest BCUT2D eigenvalue weighted by Gasteiger charge is 2.19. The van der Waals surface area contributed by atoms with Gasteiger partial charge in [-0.1, -0.05) is 57.2 Å². The lowest BCUT2D eigenvalue weighted by atomic mass is 9.78. The second kappa shape index (κ2) is 10.7. The summed E-state index contributed by atoms with van der Waals surface area (Å²) >= 11 is 0. The average molecular weight is 314 g/mol. The number of phenols is 2. The number of para-hydroxylation sites is 2. The van der Waals surface area contributed by atoms with Gasteiger partial charge in [-0.05, 0) is 61.3 Å². The number of phenolic OH excluding ortho intramolecular Hbond substituents is 2. The van der Waals surface area contributed by atoms with Gasteiger partial charge in [0, 0.05) is 0 Å². The Balaban J connectivity index is 0.000000175. The fraction of sp³-hybridized carbons (Fsp3) is 0.429. The summed E-state index contributed by atoms with van der Waals surface area (Å²) in [6.07, 6.45) is 4.39. The van der Waals surface area contributed by atoms with Crippen molar-refractivity contribution in [2.45, 2.75) is 40.0 Å². The molecule has 2 aromatic carbocycles. The van der Waals surface area contributed by atoms with Crippen molar-refractivity contribution in [2.75, 3.05) is 0 Å². The molecule has 3 rings (SSSR count). The van der Waals surface area contributed by atoms with Crippen molar-refractivity contribution in [3.05, 3.63) is 60.7 Å². The first-order valence-corrected chi connectivity index (χ1v) is 8.45. The van der Waals surface area contributed by atoms with Crippen LogP contribution in [-0.2, 0) is 0 Å². The summed E-state index contributed by atoms with van der Waals surface area (Å²) in [5.41, 5.74) is 0. The van der Waals surface area contributed by atoms with E-state index >= 15 is 0 Å². The molecule has 0 radical (unpaired) electrons. The first-order valence-electron chi connectivity index (χ1n) is 8.45. The second-order valence-electron chi connectivity index (χ2n) is 6.69. The number of hydrogen-bond acceptors (Lipinski definition) is 2. The zero-order valence-corrected chi connectivity index (χ0v) is 14.5. The molecule has 0 atom stereocenters. The zero-order valence-electron chi connectivity index (χ0n) is 14.5. The van der Waals surface area contributed by atoms with Crippen LogP contribution in [0.25, 0.3) is 0 Å². The molecule has 0 bridgehead atoms. The van der Waals surface area contributed by atoms with Crippen LogP contribution in [-0.4, -0.2) is 10.2 Å². The summed E-state index contributed by atoms with van der Waals surface area (Å²) in [5.74, 6) is 3.61. The normalized spacial score (nSPS) is 22.8. The molecule has 0 aliphatic heterocycles. The largest absolute Gasteiger partial charge is 0.508 e. The molecule has 0 aromatic heterocycles. The monoisotopic (exact) mass is 314 g/mol. The summed E-state index contributed by atoms with van der Waals surface area (Å²) in [7, 11) is 0. The van der Waals surface area contributed by atoms with Crippen LogP contribution in [0.15, 0.2) is 60.7 Å². The summed E-state index contributed by atoms with van der Waals surface area (Å²) in [6, 6.07) is 17.4. The van der Waals surface area contributed by atoms with Crippen molar-refractivity contribution in [3.63, 3.8) is 0 Å². The molecule has 1 aliphatic carbocycles. The SMILES string of the molecule is CC1CC(C)CC(C)C1.Oc1ccccc1.Oc1ccccc1. The highest BCUT2D eigenvalue weighted by Crippen LogP contribution is 2.31. The van der Waals surface area contributed by atoms with Gasteiger partial charge < -0.3 is 10.2 Å². The molecule has 2 heteroatoms. The summed E-state index contributed by atoms with van der Waals surface area (Å²) < 4.78 is 0. The maximum atomic E-state index is 8.63. The minimum atomic E-state index is 0.322. The minimum absolute atomic E-state index is 0.322. The van der Waals surface area contributed by atoms with E-state index in [2.05, 4.69) is 20.8 Å². The Morgan fingerprint density at radius 1 is 0.565 bits per heavy atom. The second-order valence-corrected chi connectivity index (χ2v) is 6.69. The average Bonchev–Trinajstić information content (AvgIpc) is 2.48. The molecule has 0 saturated heterocycles. The topological polar surface area (TPSA) is 40.5 Å². The Kier molecular flexibility index (Phi) is 8.89. The molecule has 0 amide bonds. The van der Waals surface area contributed by atoms with Crippen molar-refractivity contribution < 1.29 is 10.2 Å². The molecule has 2 aromatic rings. The molecule has 1 saturated carbocycles. The van der Waals surface area contributed by atoms with E-state index < -0.39 is 0 Å². The van der Waals surface area contributed by atoms with E-state index in [1.165, 1.54) is 19.3 Å². The van der Waals surface area contributed by atoms with Crippen LogP contribution in [0.3, 0.4) is 0 Å². The number of rotatable bonds is 0. The summed E-state index contributed by atoms with van der Waals surface area (Å²) in [6.45, 7) is 7.14. The van der Waals surface area contributed by atoms with Crippen LogP contribution in [0.1, 0.15) is 40.0 Å². The number of aromatic hydroxyl groups is 2. The quantitative estimate of drug-likeness (QED) is 0.639. The van der Waals surface area contributed by atoms with E-state index in [9.17, 15) is 0 Å². The zero-order chi connectivity index (χ0) is 17.1.